The van der Waals surface area contributed by atoms with Crippen molar-refractivity contribution in [3.63, 3.8) is 0 Å². The van der Waals surface area contributed by atoms with Crippen LogP contribution in [-0.4, -0.2) is 40.8 Å². The zero-order valence-electron chi connectivity index (χ0n) is 10.3. The summed E-state index contributed by atoms with van der Waals surface area (Å²) in [5.41, 5.74) is 0.271. The Balaban J connectivity index is 2.19. The first-order valence-electron chi connectivity index (χ1n) is 5.84. The third kappa shape index (κ3) is 2.54. The first-order chi connectivity index (χ1) is 9.00. The molecule has 1 aromatic rings. The maximum absolute atomic E-state index is 12.2. The van der Waals surface area contributed by atoms with Crippen molar-refractivity contribution in [2.45, 2.75) is 13.0 Å². The topological polar surface area (TPSA) is 92.6 Å². The molecule has 7 nitrogen and oxygen atoms in total. The van der Waals surface area contributed by atoms with E-state index in [1.165, 1.54) is 29.2 Å². The van der Waals surface area contributed by atoms with Crippen LogP contribution in [0.2, 0.25) is 0 Å². The van der Waals surface area contributed by atoms with Crippen molar-refractivity contribution in [3.05, 3.63) is 39.9 Å². The fourth-order valence-corrected chi connectivity index (χ4v) is 1.95. The van der Waals surface area contributed by atoms with Gasteiger partial charge in [-0.15, -0.1) is 0 Å². The van der Waals surface area contributed by atoms with Crippen LogP contribution < -0.4 is 5.32 Å². The fraction of sp³-hybridized carbons (Fsp3) is 0.333. The average Bonchev–Trinajstić information content (AvgIpc) is 2.41. The minimum Gasteiger partial charge on any atom is -0.353 e. The van der Waals surface area contributed by atoms with Crippen molar-refractivity contribution < 1.29 is 14.5 Å². The number of rotatable bonds is 2. The van der Waals surface area contributed by atoms with E-state index < -0.39 is 11.0 Å². The second-order valence-corrected chi connectivity index (χ2v) is 4.27. The van der Waals surface area contributed by atoms with Gasteiger partial charge >= 0.3 is 0 Å². The van der Waals surface area contributed by atoms with E-state index in [4.69, 9.17) is 0 Å². The number of nitro benzene ring substituents is 1. The molecule has 0 aliphatic carbocycles. The maximum Gasteiger partial charge on any atom is 0.269 e. The highest BCUT2D eigenvalue weighted by Gasteiger charge is 2.29. The smallest absolute Gasteiger partial charge is 0.269 e. The summed E-state index contributed by atoms with van der Waals surface area (Å²) in [5.74, 6) is -0.487. The molecule has 0 radical (unpaired) electrons. The first-order valence-corrected chi connectivity index (χ1v) is 5.84. The number of piperazine rings is 1. The van der Waals surface area contributed by atoms with Crippen LogP contribution in [0.5, 0.6) is 0 Å². The normalized spacial score (nSPS) is 18.9. The molecule has 7 heteroatoms. The Morgan fingerprint density at radius 3 is 2.63 bits per heavy atom. The van der Waals surface area contributed by atoms with Crippen LogP contribution in [0, 0.1) is 10.1 Å². The molecular formula is C12H13N3O4. The number of nitro groups is 1. The molecule has 1 aromatic carbocycles. The van der Waals surface area contributed by atoms with Gasteiger partial charge in [0.1, 0.15) is 6.04 Å². The van der Waals surface area contributed by atoms with Gasteiger partial charge in [0.25, 0.3) is 11.6 Å². The Kier molecular flexibility index (Phi) is 3.46. The largest absolute Gasteiger partial charge is 0.353 e. The van der Waals surface area contributed by atoms with Crippen LogP contribution in [0.3, 0.4) is 0 Å². The van der Waals surface area contributed by atoms with E-state index in [9.17, 15) is 19.7 Å². The summed E-state index contributed by atoms with van der Waals surface area (Å²) in [7, 11) is 0. The second kappa shape index (κ2) is 5.05. The van der Waals surface area contributed by atoms with Crippen molar-refractivity contribution in [1.29, 1.82) is 0 Å². The standard InChI is InChI=1S/C12H13N3O4/c1-8-11(16)13-6-7-14(8)12(17)9-2-4-10(5-3-9)15(18)19/h2-5,8H,6-7H2,1H3,(H,13,16). The summed E-state index contributed by atoms with van der Waals surface area (Å²) < 4.78 is 0. The summed E-state index contributed by atoms with van der Waals surface area (Å²) in [4.78, 5) is 35.2. The molecule has 1 N–H and O–H groups in total. The molecule has 2 amide bonds. The minimum atomic E-state index is -0.531. The predicted molar refractivity (Wildman–Crippen MR) is 66.6 cm³/mol. The van der Waals surface area contributed by atoms with Gasteiger partial charge in [0.05, 0.1) is 4.92 Å². The summed E-state index contributed by atoms with van der Waals surface area (Å²) in [5, 5.41) is 13.2. The summed E-state index contributed by atoms with van der Waals surface area (Å²) >= 11 is 0. The number of carbonyl (C=O) groups excluding carboxylic acids is 2. The number of carbonyl (C=O) groups is 2. The summed E-state index contributed by atoms with van der Waals surface area (Å²) in [6.45, 7) is 2.50. The van der Waals surface area contributed by atoms with Crippen molar-refractivity contribution in [1.82, 2.24) is 10.2 Å². The van der Waals surface area contributed by atoms with Gasteiger partial charge in [-0.1, -0.05) is 0 Å². The molecule has 0 aromatic heterocycles. The van der Waals surface area contributed by atoms with Gasteiger partial charge in [-0.05, 0) is 19.1 Å². The highest BCUT2D eigenvalue weighted by molar-refractivity contribution is 5.98. The molecule has 1 atom stereocenters. The maximum atomic E-state index is 12.2. The zero-order valence-corrected chi connectivity index (χ0v) is 10.3. The quantitative estimate of drug-likeness (QED) is 0.623. The van der Waals surface area contributed by atoms with Gasteiger partial charge in [-0.3, -0.25) is 19.7 Å². The van der Waals surface area contributed by atoms with E-state index in [1.54, 1.807) is 6.92 Å². The third-order valence-electron chi connectivity index (χ3n) is 3.08. The molecular weight excluding hydrogens is 250 g/mol. The van der Waals surface area contributed by atoms with Crippen LogP contribution >= 0.6 is 0 Å². The molecule has 0 spiro atoms. The molecule has 1 aliphatic rings. The predicted octanol–water partition coefficient (Wildman–Crippen LogP) is 0.555. The number of nitrogens with zero attached hydrogens (tertiary/aromatic N) is 2. The zero-order chi connectivity index (χ0) is 14.0. The lowest BCUT2D eigenvalue weighted by molar-refractivity contribution is -0.384. The molecule has 2 rings (SSSR count). The van der Waals surface area contributed by atoms with Crippen LogP contribution in [0.4, 0.5) is 5.69 Å². The highest BCUT2D eigenvalue weighted by Crippen LogP contribution is 2.15. The van der Waals surface area contributed by atoms with Gasteiger partial charge in [0.15, 0.2) is 0 Å². The Morgan fingerprint density at radius 2 is 2.05 bits per heavy atom. The van der Waals surface area contributed by atoms with E-state index in [-0.39, 0.29) is 17.5 Å². The minimum absolute atomic E-state index is 0.0685. The number of hydrogen-bond acceptors (Lipinski definition) is 4. The van der Waals surface area contributed by atoms with Crippen molar-refractivity contribution in [2.75, 3.05) is 13.1 Å². The van der Waals surface area contributed by atoms with Crippen molar-refractivity contribution in [3.8, 4) is 0 Å². The van der Waals surface area contributed by atoms with E-state index in [0.717, 1.165) is 0 Å². The van der Waals surface area contributed by atoms with Crippen LogP contribution in [-0.2, 0) is 4.79 Å². The van der Waals surface area contributed by atoms with Gasteiger partial charge in [-0.2, -0.15) is 0 Å². The van der Waals surface area contributed by atoms with E-state index in [2.05, 4.69) is 5.32 Å². The Hall–Kier alpha value is -2.44. The SMILES string of the molecule is CC1C(=O)NCCN1C(=O)c1ccc([N+](=O)[O-])cc1. The highest BCUT2D eigenvalue weighted by atomic mass is 16.6. The first kappa shape index (κ1) is 13.0. The Morgan fingerprint density at radius 1 is 1.42 bits per heavy atom. The number of hydrogen-bond donors (Lipinski definition) is 1. The van der Waals surface area contributed by atoms with Gasteiger partial charge < -0.3 is 10.2 Å². The Bertz CT molecular complexity index is 526. The summed E-state index contributed by atoms with van der Waals surface area (Å²) in [6.07, 6.45) is 0. The lowest BCUT2D eigenvalue weighted by Crippen LogP contribution is -2.55. The lowest BCUT2D eigenvalue weighted by Gasteiger charge is -2.32. The van der Waals surface area contributed by atoms with Crippen LogP contribution in [0.1, 0.15) is 17.3 Å². The Labute approximate surface area is 109 Å². The molecule has 0 saturated carbocycles. The molecule has 0 bridgehead atoms. The molecule has 1 unspecified atom stereocenters. The third-order valence-corrected chi connectivity index (χ3v) is 3.08. The van der Waals surface area contributed by atoms with E-state index >= 15 is 0 Å². The van der Waals surface area contributed by atoms with Gasteiger partial charge in [-0.25, -0.2) is 0 Å². The number of amides is 2. The molecule has 1 heterocycles. The van der Waals surface area contributed by atoms with Gasteiger partial charge in [0, 0.05) is 30.8 Å². The fourth-order valence-electron chi connectivity index (χ4n) is 1.95. The molecule has 19 heavy (non-hydrogen) atoms. The molecule has 1 fully saturated rings. The summed E-state index contributed by atoms with van der Waals surface area (Å²) in [6, 6.07) is 4.83. The molecule has 1 saturated heterocycles. The molecule has 1 aliphatic heterocycles. The molecule has 100 valence electrons. The van der Waals surface area contributed by atoms with Crippen molar-refractivity contribution >= 4 is 17.5 Å². The van der Waals surface area contributed by atoms with E-state index in [0.29, 0.717) is 18.7 Å². The van der Waals surface area contributed by atoms with Crippen LogP contribution in [0.15, 0.2) is 24.3 Å². The number of nitrogens with one attached hydrogen (secondary N) is 1. The van der Waals surface area contributed by atoms with Crippen molar-refractivity contribution in [2.24, 2.45) is 0 Å². The number of benzene rings is 1. The van der Waals surface area contributed by atoms with Gasteiger partial charge in [0.2, 0.25) is 5.91 Å². The number of non-ortho nitro benzene ring substituents is 1. The second-order valence-electron chi connectivity index (χ2n) is 4.27. The van der Waals surface area contributed by atoms with Crippen LogP contribution in [0.25, 0.3) is 0 Å². The van der Waals surface area contributed by atoms with E-state index in [1.807, 2.05) is 0 Å². The monoisotopic (exact) mass is 263 g/mol. The average molecular weight is 263 g/mol. The lowest BCUT2D eigenvalue weighted by atomic mass is 10.1.